The number of hydrogen-bond acceptors (Lipinski definition) is 5. The lowest BCUT2D eigenvalue weighted by Crippen LogP contribution is -2.42. The van der Waals surface area contributed by atoms with Crippen LogP contribution in [-0.4, -0.2) is 37.4 Å². The van der Waals surface area contributed by atoms with Gasteiger partial charge >= 0.3 is 0 Å². The first kappa shape index (κ1) is 24.1. The molecule has 3 atom stereocenters. The maximum atomic E-state index is 14.3. The zero-order valence-corrected chi connectivity index (χ0v) is 21.3. The largest absolute Gasteiger partial charge is 0.598 e. The summed E-state index contributed by atoms with van der Waals surface area (Å²) in [5.41, 5.74) is 2.03. The van der Waals surface area contributed by atoms with E-state index in [4.69, 9.17) is 0 Å². The lowest BCUT2D eigenvalue weighted by atomic mass is 10.1. The van der Waals surface area contributed by atoms with Crippen LogP contribution in [0.3, 0.4) is 0 Å². The summed E-state index contributed by atoms with van der Waals surface area (Å²) in [5.74, 6) is 0. The van der Waals surface area contributed by atoms with Crippen molar-refractivity contribution in [3.63, 3.8) is 0 Å². The summed E-state index contributed by atoms with van der Waals surface area (Å²) in [6, 6.07) is 16.3. The van der Waals surface area contributed by atoms with Crippen LogP contribution in [0.1, 0.15) is 43.9 Å². The zero-order chi connectivity index (χ0) is 25.0. The van der Waals surface area contributed by atoms with Gasteiger partial charge in [-0.1, -0.05) is 36.4 Å². The lowest BCUT2D eigenvalue weighted by Gasteiger charge is -2.28. The Balaban J connectivity index is 1.76. The maximum Gasteiger partial charge on any atom is 0.268 e. The highest BCUT2D eigenvalue weighted by atomic mass is 32.2. The Hall–Kier alpha value is -2.66. The van der Waals surface area contributed by atoms with E-state index in [2.05, 4.69) is 9.71 Å². The van der Waals surface area contributed by atoms with Crippen LogP contribution in [0.15, 0.2) is 71.9 Å². The Labute approximate surface area is 207 Å². The van der Waals surface area contributed by atoms with Crippen molar-refractivity contribution in [2.45, 2.75) is 55.6 Å². The molecule has 1 N–H and O–H groups in total. The lowest BCUT2D eigenvalue weighted by molar-refractivity contribution is 0.328. The second-order valence-corrected chi connectivity index (χ2v) is 13.5. The van der Waals surface area contributed by atoms with Gasteiger partial charge in [0.05, 0.1) is 34.7 Å². The minimum absolute atomic E-state index is 0.136. The molecule has 0 radical (unpaired) electrons. The van der Waals surface area contributed by atoms with Crippen molar-refractivity contribution in [2.75, 3.05) is 0 Å². The molecule has 0 fully saturated rings. The number of aromatic nitrogens is 3. The number of rotatable bonds is 6. The van der Waals surface area contributed by atoms with Crippen LogP contribution in [0.25, 0.3) is 10.9 Å². The molecule has 0 aliphatic carbocycles. The summed E-state index contributed by atoms with van der Waals surface area (Å²) in [6.07, 6.45) is 0.693. The minimum atomic E-state index is -4.02. The zero-order valence-electron chi connectivity index (χ0n) is 19.7. The van der Waals surface area contributed by atoms with Crippen molar-refractivity contribution in [1.29, 1.82) is 0 Å². The number of hydrogen-bond donors (Lipinski definition) is 1. The van der Waals surface area contributed by atoms with Gasteiger partial charge in [0.1, 0.15) is 17.0 Å². The number of benzene rings is 2. The summed E-state index contributed by atoms with van der Waals surface area (Å²) in [5, 5.41) is 0.717. The highest BCUT2D eigenvalue weighted by Gasteiger charge is 2.38. The third-order valence-electron chi connectivity index (χ3n) is 6.11. The summed E-state index contributed by atoms with van der Waals surface area (Å²) in [7, 11) is -4.02. The van der Waals surface area contributed by atoms with Crippen LogP contribution in [0.5, 0.6) is 0 Å². The Bertz CT molecular complexity index is 1480. The van der Waals surface area contributed by atoms with Crippen LogP contribution < -0.4 is 4.72 Å². The smallest absolute Gasteiger partial charge is 0.268 e. The van der Waals surface area contributed by atoms with Crippen molar-refractivity contribution in [3.05, 3.63) is 84.1 Å². The van der Waals surface area contributed by atoms with Gasteiger partial charge in [0.25, 0.3) is 10.0 Å². The van der Waals surface area contributed by atoms with Gasteiger partial charge in [-0.15, -0.1) is 4.72 Å². The number of nitrogens with one attached hydrogen (secondary N) is 1. The van der Waals surface area contributed by atoms with Gasteiger partial charge in [-0.05, 0) is 45.0 Å². The van der Waals surface area contributed by atoms with E-state index in [0.29, 0.717) is 22.6 Å². The highest BCUT2D eigenvalue weighted by molar-refractivity contribution is 7.91. The van der Waals surface area contributed by atoms with Gasteiger partial charge in [-0.25, -0.2) is 21.8 Å². The standard InChI is InChI=1S/C25H27FN4O3S2/c1-25(2,3)34(31)28-24(23-21-14-18(26)15-29(21)16-27-23)22-13-17-9-7-8-12-20(17)30(22)35(32,33)19-10-5-4-6-11-19/h4-13,16,18,24,28H,14-15H2,1-3H3/t18-,24+,34-/m1/s1. The average Bonchev–Trinajstić information content (AvgIpc) is 3.49. The third kappa shape index (κ3) is 4.29. The second kappa shape index (κ2) is 8.77. The predicted molar refractivity (Wildman–Crippen MR) is 135 cm³/mol. The molecule has 0 saturated carbocycles. The molecule has 184 valence electrons. The SMILES string of the molecule is CC(C)(C)[S@@+]([O-])N[C@H](c1ncn2c1C[C@@H](F)C2)c1cc2ccccc2n1S(=O)(=O)c1ccccc1. The highest BCUT2D eigenvalue weighted by Crippen LogP contribution is 2.36. The molecule has 0 unspecified atom stereocenters. The van der Waals surface area contributed by atoms with Crippen molar-refractivity contribution in [3.8, 4) is 0 Å². The van der Waals surface area contributed by atoms with E-state index in [1.165, 1.54) is 3.97 Å². The van der Waals surface area contributed by atoms with Gasteiger partial charge in [0.2, 0.25) is 0 Å². The average molecular weight is 515 g/mol. The maximum absolute atomic E-state index is 14.3. The Morgan fingerprint density at radius 3 is 2.54 bits per heavy atom. The third-order valence-corrected chi connectivity index (χ3v) is 9.43. The summed E-state index contributed by atoms with van der Waals surface area (Å²) in [6.45, 7) is 5.69. The molecule has 0 saturated heterocycles. The van der Waals surface area contributed by atoms with Crippen LogP contribution in [0.2, 0.25) is 0 Å². The van der Waals surface area contributed by atoms with Crippen molar-refractivity contribution in [1.82, 2.24) is 18.2 Å². The van der Waals surface area contributed by atoms with E-state index < -0.39 is 38.3 Å². The van der Waals surface area contributed by atoms with E-state index in [0.717, 1.165) is 5.39 Å². The molecule has 35 heavy (non-hydrogen) atoms. The first-order valence-electron chi connectivity index (χ1n) is 11.3. The molecule has 0 spiro atoms. The number of halogens is 1. The van der Waals surface area contributed by atoms with Crippen LogP contribution in [0.4, 0.5) is 4.39 Å². The van der Waals surface area contributed by atoms with E-state index in [-0.39, 0.29) is 17.9 Å². The first-order valence-corrected chi connectivity index (χ1v) is 13.9. The topological polar surface area (TPSA) is 92.0 Å². The monoisotopic (exact) mass is 514 g/mol. The van der Waals surface area contributed by atoms with Crippen LogP contribution in [-0.2, 0) is 34.4 Å². The molecular formula is C25H27FN4O3S2. The van der Waals surface area contributed by atoms with Gasteiger partial charge < -0.3 is 9.12 Å². The molecule has 5 rings (SSSR count). The molecule has 10 heteroatoms. The molecule has 1 aliphatic heterocycles. The van der Waals surface area contributed by atoms with Gasteiger partial charge in [-0.3, -0.25) is 0 Å². The Morgan fingerprint density at radius 1 is 1.14 bits per heavy atom. The summed E-state index contributed by atoms with van der Waals surface area (Å²) in [4.78, 5) is 4.68. The van der Waals surface area contributed by atoms with E-state index in [1.54, 1.807) is 59.4 Å². The number of fused-ring (bicyclic) bond motifs is 2. The second-order valence-electron chi connectivity index (χ2n) is 9.67. The molecule has 0 amide bonds. The molecule has 2 aromatic carbocycles. The number of alkyl halides is 1. The first-order chi connectivity index (χ1) is 16.6. The molecule has 4 aromatic rings. The number of para-hydroxylation sites is 1. The fraction of sp³-hybridized carbons (Fsp3) is 0.320. The van der Waals surface area contributed by atoms with Gasteiger partial charge in [0.15, 0.2) is 0 Å². The molecule has 1 aliphatic rings. The van der Waals surface area contributed by atoms with Gasteiger partial charge in [0, 0.05) is 28.9 Å². The molecule has 3 heterocycles. The van der Waals surface area contributed by atoms with Crippen LogP contribution in [0, 0.1) is 0 Å². The quantitative estimate of drug-likeness (QED) is 0.391. The Kier molecular flexibility index (Phi) is 6.03. The summed E-state index contributed by atoms with van der Waals surface area (Å²) < 4.78 is 61.0. The van der Waals surface area contributed by atoms with Crippen molar-refractivity contribution in [2.24, 2.45) is 0 Å². The van der Waals surface area contributed by atoms with Gasteiger partial charge in [-0.2, -0.15) is 0 Å². The van der Waals surface area contributed by atoms with E-state index in [9.17, 15) is 17.4 Å². The fourth-order valence-electron chi connectivity index (χ4n) is 4.39. The predicted octanol–water partition coefficient (Wildman–Crippen LogP) is 4.11. The fourth-order valence-corrected chi connectivity index (χ4v) is 6.76. The van der Waals surface area contributed by atoms with Crippen molar-refractivity contribution < 1.29 is 17.4 Å². The number of imidazole rings is 1. The van der Waals surface area contributed by atoms with E-state index in [1.807, 2.05) is 32.9 Å². The summed E-state index contributed by atoms with van der Waals surface area (Å²) >= 11 is -1.56. The molecule has 2 aromatic heterocycles. The Morgan fingerprint density at radius 2 is 1.83 bits per heavy atom. The van der Waals surface area contributed by atoms with E-state index >= 15 is 0 Å². The molecule has 7 nitrogen and oxygen atoms in total. The minimum Gasteiger partial charge on any atom is -0.598 e. The molecular weight excluding hydrogens is 487 g/mol. The molecule has 0 bridgehead atoms. The van der Waals surface area contributed by atoms with Crippen molar-refractivity contribution >= 4 is 32.3 Å². The normalized spacial score (nSPS) is 18.0. The number of nitrogens with zero attached hydrogens (tertiary/aromatic N) is 3. The van der Waals surface area contributed by atoms with Crippen LogP contribution >= 0.6 is 0 Å².